The van der Waals surface area contributed by atoms with Crippen LogP contribution in [0, 0.1) is 0 Å². The van der Waals surface area contributed by atoms with Crippen molar-refractivity contribution in [1.29, 1.82) is 0 Å². The lowest BCUT2D eigenvalue weighted by Crippen LogP contribution is -2.49. The Bertz CT molecular complexity index is 871. The van der Waals surface area contributed by atoms with Gasteiger partial charge in [-0.1, -0.05) is 48.3 Å². The van der Waals surface area contributed by atoms with Crippen LogP contribution >= 0.6 is 23.2 Å². The van der Waals surface area contributed by atoms with Gasteiger partial charge in [-0.25, -0.2) is 0 Å². The molecule has 7 heteroatoms. The van der Waals surface area contributed by atoms with Gasteiger partial charge in [0.05, 0.1) is 23.6 Å². The maximum atomic E-state index is 13.2. The van der Waals surface area contributed by atoms with Crippen molar-refractivity contribution in [3.8, 4) is 5.75 Å². The van der Waals surface area contributed by atoms with Crippen LogP contribution < -0.4 is 10.1 Å². The Morgan fingerprint density at radius 3 is 2.23 bits per heavy atom. The van der Waals surface area contributed by atoms with E-state index in [-0.39, 0.29) is 24.3 Å². The first kappa shape index (κ1) is 24.0. The number of benzene rings is 2. The van der Waals surface area contributed by atoms with Crippen molar-refractivity contribution in [2.45, 2.75) is 52.2 Å². The SMILES string of the molecule is CCC(C)NC(=O)C(C)N(Cc1ccc(OC)cc1)C(=O)Cc1ccc(Cl)c(Cl)c1. The molecule has 0 radical (unpaired) electrons. The van der Waals surface area contributed by atoms with E-state index in [0.717, 1.165) is 23.3 Å². The Labute approximate surface area is 188 Å². The van der Waals surface area contributed by atoms with Crippen LogP contribution in [0.15, 0.2) is 42.5 Å². The van der Waals surface area contributed by atoms with Crippen LogP contribution in [-0.2, 0) is 22.6 Å². The minimum atomic E-state index is -0.628. The van der Waals surface area contributed by atoms with Gasteiger partial charge in [-0.05, 0) is 55.7 Å². The lowest BCUT2D eigenvalue weighted by Gasteiger charge is -2.30. The molecule has 0 fully saturated rings. The Morgan fingerprint density at radius 2 is 1.67 bits per heavy atom. The summed E-state index contributed by atoms with van der Waals surface area (Å²) in [4.78, 5) is 27.5. The number of rotatable bonds is 9. The molecule has 2 amide bonds. The van der Waals surface area contributed by atoms with Gasteiger partial charge in [-0.2, -0.15) is 0 Å². The van der Waals surface area contributed by atoms with E-state index in [1.54, 1.807) is 37.1 Å². The van der Waals surface area contributed by atoms with Gasteiger partial charge in [0.2, 0.25) is 11.8 Å². The maximum absolute atomic E-state index is 13.2. The lowest BCUT2D eigenvalue weighted by molar-refractivity contribution is -0.140. The molecule has 0 aliphatic rings. The molecule has 2 rings (SSSR count). The largest absolute Gasteiger partial charge is 0.497 e. The Kier molecular flexibility index (Phi) is 9.00. The number of nitrogens with one attached hydrogen (secondary N) is 1. The minimum absolute atomic E-state index is 0.0351. The van der Waals surface area contributed by atoms with Gasteiger partial charge in [-0.15, -0.1) is 0 Å². The quantitative estimate of drug-likeness (QED) is 0.592. The summed E-state index contributed by atoms with van der Waals surface area (Å²) < 4.78 is 5.20. The normalized spacial score (nSPS) is 12.7. The van der Waals surface area contributed by atoms with E-state index in [4.69, 9.17) is 27.9 Å². The second-order valence-corrected chi connectivity index (χ2v) is 8.10. The Morgan fingerprint density at radius 1 is 1.03 bits per heavy atom. The summed E-state index contributed by atoms with van der Waals surface area (Å²) >= 11 is 12.1. The third-order valence-electron chi connectivity index (χ3n) is 5.02. The second kappa shape index (κ2) is 11.2. The number of hydrogen-bond acceptors (Lipinski definition) is 3. The van der Waals surface area contributed by atoms with Crippen molar-refractivity contribution in [3.63, 3.8) is 0 Å². The van der Waals surface area contributed by atoms with Crippen molar-refractivity contribution >= 4 is 35.0 Å². The molecule has 0 spiro atoms. The first-order chi connectivity index (χ1) is 14.2. The molecule has 0 heterocycles. The number of hydrogen-bond donors (Lipinski definition) is 1. The van der Waals surface area contributed by atoms with Crippen LogP contribution in [0.2, 0.25) is 10.0 Å². The van der Waals surface area contributed by atoms with Crippen LogP contribution in [0.5, 0.6) is 5.75 Å². The van der Waals surface area contributed by atoms with Gasteiger partial charge in [0, 0.05) is 12.6 Å². The molecule has 162 valence electrons. The summed E-state index contributed by atoms with van der Waals surface area (Å²) in [7, 11) is 1.60. The summed E-state index contributed by atoms with van der Waals surface area (Å²) in [5.74, 6) is 0.381. The van der Waals surface area contributed by atoms with Crippen LogP contribution in [0.3, 0.4) is 0 Å². The summed E-state index contributed by atoms with van der Waals surface area (Å²) in [5, 5.41) is 3.79. The number of methoxy groups -OCH3 is 1. The van der Waals surface area contributed by atoms with E-state index in [1.165, 1.54) is 0 Å². The molecule has 2 unspecified atom stereocenters. The summed E-state index contributed by atoms with van der Waals surface area (Å²) in [5.41, 5.74) is 1.64. The number of carbonyl (C=O) groups excluding carboxylic acids is 2. The van der Waals surface area contributed by atoms with Crippen molar-refractivity contribution in [3.05, 3.63) is 63.6 Å². The number of ether oxygens (including phenoxy) is 1. The second-order valence-electron chi connectivity index (χ2n) is 7.29. The third-order valence-corrected chi connectivity index (χ3v) is 5.76. The fraction of sp³-hybridized carbons (Fsp3) is 0.391. The van der Waals surface area contributed by atoms with Crippen LogP contribution in [0.1, 0.15) is 38.3 Å². The summed E-state index contributed by atoms with van der Waals surface area (Å²) in [6, 6.07) is 12.0. The van der Waals surface area contributed by atoms with Gasteiger partial charge in [-0.3, -0.25) is 9.59 Å². The van der Waals surface area contributed by atoms with Gasteiger partial charge in [0.15, 0.2) is 0 Å². The van der Waals surface area contributed by atoms with Crippen molar-refractivity contribution in [1.82, 2.24) is 10.2 Å². The topological polar surface area (TPSA) is 58.6 Å². The van der Waals surface area contributed by atoms with E-state index in [1.807, 2.05) is 38.1 Å². The first-order valence-electron chi connectivity index (χ1n) is 9.91. The molecular formula is C23H28Cl2N2O3. The molecule has 30 heavy (non-hydrogen) atoms. The van der Waals surface area contributed by atoms with Crippen LogP contribution in [0.4, 0.5) is 0 Å². The standard InChI is InChI=1S/C23H28Cl2N2O3/c1-5-15(2)26-23(29)16(3)27(14-17-6-9-19(30-4)10-7-17)22(28)13-18-8-11-20(24)21(25)12-18/h6-12,15-16H,5,13-14H2,1-4H3,(H,26,29). The molecule has 0 aliphatic carbocycles. The van der Waals surface area contributed by atoms with Crippen LogP contribution in [0.25, 0.3) is 0 Å². The maximum Gasteiger partial charge on any atom is 0.242 e. The predicted octanol–water partition coefficient (Wildman–Crippen LogP) is 4.88. The number of halogens is 2. The zero-order valence-electron chi connectivity index (χ0n) is 17.7. The average Bonchev–Trinajstić information content (AvgIpc) is 2.74. The molecule has 0 bridgehead atoms. The van der Waals surface area contributed by atoms with Gasteiger partial charge >= 0.3 is 0 Å². The highest BCUT2D eigenvalue weighted by Crippen LogP contribution is 2.23. The summed E-state index contributed by atoms with van der Waals surface area (Å²) in [6.45, 7) is 5.99. The van der Waals surface area contributed by atoms with E-state index in [9.17, 15) is 9.59 Å². The molecule has 2 aromatic carbocycles. The monoisotopic (exact) mass is 450 g/mol. The first-order valence-corrected chi connectivity index (χ1v) is 10.7. The molecule has 0 saturated heterocycles. The van der Waals surface area contributed by atoms with Crippen molar-refractivity contribution in [2.24, 2.45) is 0 Å². The lowest BCUT2D eigenvalue weighted by atomic mass is 10.1. The van der Waals surface area contributed by atoms with Gasteiger partial charge in [0.1, 0.15) is 11.8 Å². The third kappa shape index (κ3) is 6.64. The van der Waals surface area contributed by atoms with Gasteiger partial charge < -0.3 is 15.0 Å². The molecule has 2 aromatic rings. The van der Waals surface area contributed by atoms with E-state index in [0.29, 0.717) is 16.6 Å². The highest BCUT2D eigenvalue weighted by molar-refractivity contribution is 6.42. The Balaban J connectivity index is 2.24. The van der Waals surface area contributed by atoms with E-state index < -0.39 is 6.04 Å². The predicted molar refractivity (Wildman–Crippen MR) is 121 cm³/mol. The average molecular weight is 451 g/mol. The van der Waals surface area contributed by atoms with Gasteiger partial charge in [0.25, 0.3) is 0 Å². The fourth-order valence-electron chi connectivity index (χ4n) is 2.90. The van der Waals surface area contributed by atoms with E-state index >= 15 is 0 Å². The molecule has 0 saturated carbocycles. The zero-order chi connectivity index (χ0) is 22.3. The number of nitrogens with zero attached hydrogens (tertiary/aromatic N) is 1. The van der Waals surface area contributed by atoms with Crippen molar-refractivity contribution < 1.29 is 14.3 Å². The molecule has 0 aliphatic heterocycles. The highest BCUT2D eigenvalue weighted by atomic mass is 35.5. The molecule has 2 atom stereocenters. The van der Waals surface area contributed by atoms with Crippen LogP contribution in [-0.4, -0.2) is 35.9 Å². The highest BCUT2D eigenvalue weighted by Gasteiger charge is 2.27. The molecule has 5 nitrogen and oxygen atoms in total. The fourth-order valence-corrected chi connectivity index (χ4v) is 3.22. The smallest absolute Gasteiger partial charge is 0.242 e. The Hall–Kier alpha value is -2.24. The molecular weight excluding hydrogens is 423 g/mol. The number of amides is 2. The minimum Gasteiger partial charge on any atom is -0.497 e. The summed E-state index contributed by atoms with van der Waals surface area (Å²) in [6.07, 6.45) is 0.933. The van der Waals surface area contributed by atoms with E-state index in [2.05, 4.69) is 5.32 Å². The zero-order valence-corrected chi connectivity index (χ0v) is 19.3. The van der Waals surface area contributed by atoms with Crippen molar-refractivity contribution in [2.75, 3.05) is 7.11 Å². The molecule has 0 aromatic heterocycles. The molecule has 1 N–H and O–H groups in total. The number of carbonyl (C=O) groups is 2.